The van der Waals surface area contributed by atoms with Crippen molar-refractivity contribution in [3.05, 3.63) is 29.8 Å². The van der Waals surface area contributed by atoms with Crippen LogP contribution in [0.2, 0.25) is 0 Å². The minimum absolute atomic E-state index is 0.342. The summed E-state index contributed by atoms with van der Waals surface area (Å²) >= 11 is 0. The van der Waals surface area contributed by atoms with Crippen LogP contribution in [0.1, 0.15) is 10.4 Å². The highest BCUT2D eigenvalue weighted by Gasteiger charge is 2.01. The molecule has 0 saturated heterocycles. The molecule has 0 unspecified atom stereocenters. The van der Waals surface area contributed by atoms with Gasteiger partial charge < -0.3 is 9.94 Å². The van der Waals surface area contributed by atoms with Crippen molar-refractivity contribution < 1.29 is 14.7 Å². The average Bonchev–Trinajstić information content (AvgIpc) is 2.18. The lowest BCUT2D eigenvalue weighted by atomic mass is 10.1. The number of rotatable bonds is 3. The molecule has 0 radical (unpaired) electrons. The Labute approximate surface area is 75.4 Å². The van der Waals surface area contributed by atoms with Gasteiger partial charge in [0.1, 0.15) is 12.0 Å². The van der Waals surface area contributed by atoms with Crippen molar-refractivity contribution in [3.8, 4) is 5.75 Å². The second-order valence-corrected chi connectivity index (χ2v) is 2.34. The van der Waals surface area contributed by atoms with Gasteiger partial charge in [-0.05, 0) is 24.3 Å². The van der Waals surface area contributed by atoms with Crippen molar-refractivity contribution in [1.29, 1.82) is 0 Å². The fourth-order valence-electron chi connectivity index (χ4n) is 0.882. The molecule has 0 heterocycles. The lowest BCUT2D eigenvalue weighted by Gasteiger charge is -1.99. The van der Waals surface area contributed by atoms with Crippen molar-refractivity contribution in [2.75, 3.05) is 7.11 Å². The summed E-state index contributed by atoms with van der Waals surface area (Å²) in [4.78, 5) is 11.1. The highest BCUT2D eigenvalue weighted by atomic mass is 16.5. The molecule has 0 amide bonds. The lowest BCUT2D eigenvalue weighted by molar-refractivity contribution is 0.106. The number of hydrogen-bond acceptors (Lipinski definition) is 4. The molecule has 4 nitrogen and oxygen atoms in total. The van der Waals surface area contributed by atoms with Crippen molar-refractivity contribution >= 4 is 12.0 Å². The summed E-state index contributed by atoms with van der Waals surface area (Å²) in [7, 11) is 1.55. The normalized spacial score (nSPS) is 10.2. The smallest absolute Gasteiger partial charge is 0.207 e. The quantitative estimate of drug-likeness (QED) is 0.329. The molecule has 0 saturated carbocycles. The summed E-state index contributed by atoms with van der Waals surface area (Å²) in [6.07, 6.45) is 0.849. The standard InChI is InChI=1S/C9H9NO3/c1-13-8-4-2-7(3-5-8)9(11)6-10-12/h2-6,12H,1H3/b10-6+. The minimum Gasteiger partial charge on any atom is -0.497 e. The van der Waals surface area contributed by atoms with Crippen LogP contribution in [0, 0.1) is 0 Å². The molecule has 0 atom stereocenters. The molecule has 0 aliphatic heterocycles. The maximum absolute atomic E-state index is 11.1. The van der Waals surface area contributed by atoms with Gasteiger partial charge in [-0.1, -0.05) is 5.16 Å². The first-order chi connectivity index (χ1) is 6.27. The largest absolute Gasteiger partial charge is 0.497 e. The summed E-state index contributed by atoms with van der Waals surface area (Å²) in [5, 5.41) is 10.8. The molecule has 0 aliphatic rings. The molecule has 0 aromatic heterocycles. The zero-order valence-electron chi connectivity index (χ0n) is 7.10. The van der Waals surface area contributed by atoms with Crippen LogP contribution in [0.25, 0.3) is 0 Å². The van der Waals surface area contributed by atoms with Gasteiger partial charge in [0, 0.05) is 5.56 Å². The minimum atomic E-state index is -0.342. The van der Waals surface area contributed by atoms with E-state index in [2.05, 4.69) is 5.16 Å². The summed E-state index contributed by atoms with van der Waals surface area (Å²) in [6, 6.07) is 6.53. The maximum Gasteiger partial charge on any atom is 0.207 e. The first kappa shape index (κ1) is 9.25. The monoisotopic (exact) mass is 179 g/mol. The second kappa shape index (κ2) is 4.25. The van der Waals surface area contributed by atoms with E-state index < -0.39 is 0 Å². The van der Waals surface area contributed by atoms with E-state index in [9.17, 15) is 4.79 Å². The molecule has 1 aromatic carbocycles. The number of carbonyl (C=O) groups is 1. The van der Waals surface area contributed by atoms with Crippen LogP contribution in [0.5, 0.6) is 5.75 Å². The Morgan fingerprint density at radius 3 is 2.54 bits per heavy atom. The summed E-state index contributed by atoms with van der Waals surface area (Å²) in [6.45, 7) is 0. The number of ketones is 1. The number of hydrogen-bond donors (Lipinski definition) is 1. The van der Waals surface area contributed by atoms with Crippen molar-refractivity contribution in [2.45, 2.75) is 0 Å². The third kappa shape index (κ3) is 2.30. The van der Waals surface area contributed by atoms with Gasteiger partial charge in [0.25, 0.3) is 0 Å². The molecule has 0 aliphatic carbocycles. The topological polar surface area (TPSA) is 58.9 Å². The maximum atomic E-state index is 11.1. The molecule has 13 heavy (non-hydrogen) atoms. The van der Waals surface area contributed by atoms with Crippen LogP contribution in [0.4, 0.5) is 0 Å². The van der Waals surface area contributed by atoms with Crippen LogP contribution in [0.15, 0.2) is 29.4 Å². The van der Waals surface area contributed by atoms with Gasteiger partial charge in [0.2, 0.25) is 5.78 Å². The first-order valence-electron chi connectivity index (χ1n) is 3.63. The van der Waals surface area contributed by atoms with Gasteiger partial charge in [0.15, 0.2) is 0 Å². The number of oxime groups is 1. The molecule has 1 aromatic rings. The fraction of sp³-hybridized carbons (Fsp3) is 0.111. The van der Waals surface area contributed by atoms with E-state index in [-0.39, 0.29) is 5.78 Å². The number of nitrogens with zero attached hydrogens (tertiary/aromatic N) is 1. The zero-order chi connectivity index (χ0) is 9.68. The van der Waals surface area contributed by atoms with Crippen LogP contribution in [-0.4, -0.2) is 24.3 Å². The highest BCUT2D eigenvalue weighted by Crippen LogP contribution is 2.10. The molecule has 4 heteroatoms. The van der Waals surface area contributed by atoms with Crippen molar-refractivity contribution in [1.82, 2.24) is 0 Å². The van der Waals surface area contributed by atoms with Gasteiger partial charge in [-0.15, -0.1) is 0 Å². The van der Waals surface area contributed by atoms with Gasteiger partial charge in [-0.25, -0.2) is 0 Å². The number of carbonyl (C=O) groups excluding carboxylic acids is 1. The number of ether oxygens (including phenoxy) is 1. The van der Waals surface area contributed by atoms with E-state index in [0.29, 0.717) is 11.3 Å². The van der Waals surface area contributed by atoms with Gasteiger partial charge in [0.05, 0.1) is 7.11 Å². The average molecular weight is 179 g/mol. The Kier molecular flexibility index (Phi) is 3.03. The Morgan fingerprint density at radius 2 is 2.08 bits per heavy atom. The molecule has 0 spiro atoms. The Bertz CT molecular complexity index is 316. The SMILES string of the molecule is COc1ccc(C(=O)/C=N/O)cc1. The Balaban J connectivity index is 2.85. The molecular weight excluding hydrogens is 170 g/mol. The van der Waals surface area contributed by atoms with Crippen molar-refractivity contribution in [3.63, 3.8) is 0 Å². The first-order valence-corrected chi connectivity index (χ1v) is 3.63. The van der Waals surface area contributed by atoms with E-state index in [1.807, 2.05) is 0 Å². The third-order valence-corrected chi connectivity index (χ3v) is 1.55. The highest BCUT2D eigenvalue weighted by molar-refractivity contribution is 6.35. The predicted molar refractivity (Wildman–Crippen MR) is 47.6 cm³/mol. The lowest BCUT2D eigenvalue weighted by Crippen LogP contribution is -1.99. The van der Waals surface area contributed by atoms with E-state index in [0.717, 1.165) is 6.21 Å². The van der Waals surface area contributed by atoms with E-state index in [1.165, 1.54) is 0 Å². The fourth-order valence-corrected chi connectivity index (χ4v) is 0.882. The van der Waals surface area contributed by atoms with E-state index >= 15 is 0 Å². The summed E-state index contributed by atoms with van der Waals surface area (Å²) < 4.78 is 4.91. The Morgan fingerprint density at radius 1 is 1.46 bits per heavy atom. The third-order valence-electron chi connectivity index (χ3n) is 1.55. The van der Waals surface area contributed by atoms with Crippen LogP contribution in [-0.2, 0) is 0 Å². The van der Waals surface area contributed by atoms with Crippen LogP contribution in [0.3, 0.4) is 0 Å². The molecule has 1 rings (SSSR count). The summed E-state index contributed by atoms with van der Waals surface area (Å²) in [5.41, 5.74) is 0.457. The second-order valence-electron chi connectivity index (χ2n) is 2.34. The summed E-state index contributed by atoms with van der Waals surface area (Å²) in [5.74, 6) is 0.336. The number of methoxy groups -OCH3 is 1. The van der Waals surface area contributed by atoms with E-state index in [4.69, 9.17) is 9.94 Å². The number of Topliss-reactive ketones (excluding diaryl/α,β-unsaturated/α-hetero) is 1. The molecule has 0 bridgehead atoms. The zero-order valence-corrected chi connectivity index (χ0v) is 7.10. The van der Waals surface area contributed by atoms with Crippen LogP contribution < -0.4 is 4.74 Å². The Hall–Kier alpha value is -1.84. The van der Waals surface area contributed by atoms with Gasteiger partial charge >= 0.3 is 0 Å². The number of benzene rings is 1. The van der Waals surface area contributed by atoms with Crippen LogP contribution >= 0.6 is 0 Å². The van der Waals surface area contributed by atoms with E-state index in [1.54, 1.807) is 31.4 Å². The molecule has 0 fully saturated rings. The molecule has 1 N–H and O–H groups in total. The predicted octanol–water partition coefficient (Wildman–Crippen LogP) is 1.34. The molecule has 68 valence electrons. The van der Waals surface area contributed by atoms with Gasteiger partial charge in [-0.2, -0.15) is 0 Å². The van der Waals surface area contributed by atoms with Crippen molar-refractivity contribution in [2.24, 2.45) is 5.16 Å². The molecular formula is C9H9NO3. The van der Waals surface area contributed by atoms with Gasteiger partial charge in [-0.3, -0.25) is 4.79 Å².